The Morgan fingerprint density at radius 3 is 2.00 bits per heavy atom. The van der Waals surface area contributed by atoms with Gasteiger partial charge in [-0.15, -0.1) is 0 Å². The molecule has 1 aliphatic heterocycles. The van der Waals surface area contributed by atoms with Gasteiger partial charge in [0.2, 0.25) is 0 Å². The van der Waals surface area contributed by atoms with Crippen LogP contribution in [0.5, 0.6) is 0 Å². The fourth-order valence-electron chi connectivity index (χ4n) is 2.85. The summed E-state index contributed by atoms with van der Waals surface area (Å²) in [6.07, 6.45) is 4.93. The molecule has 1 fully saturated rings. The van der Waals surface area contributed by atoms with Gasteiger partial charge in [0.05, 0.1) is 0 Å². The summed E-state index contributed by atoms with van der Waals surface area (Å²) in [5, 5.41) is 0.828. The number of aryl methyl sites for hydroxylation is 1. The van der Waals surface area contributed by atoms with Crippen molar-refractivity contribution in [1.29, 1.82) is 0 Å². The molecule has 1 aromatic carbocycles. The lowest BCUT2D eigenvalue weighted by Crippen LogP contribution is -2.46. The Bertz CT molecular complexity index is 388. The smallest absolute Gasteiger partial charge is 0.0406 e. The molecule has 1 aromatic rings. The van der Waals surface area contributed by atoms with E-state index in [0.717, 1.165) is 10.8 Å². The highest BCUT2D eigenvalue weighted by Gasteiger charge is 2.15. The number of hydrogen-bond acceptors (Lipinski definition) is 3. The zero-order valence-electron chi connectivity index (χ0n) is 12.8. The first-order valence-corrected chi connectivity index (χ1v) is 9.09. The van der Waals surface area contributed by atoms with Crippen LogP contribution in [0.2, 0.25) is 5.02 Å². The Balaban J connectivity index is 1.54. The molecule has 0 aliphatic carbocycles. The number of rotatable bonds is 8. The topological polar surface area (TPSA) is 6.48 Å². The number of halogens is 1. The SMILES string of the molecule is SCCCN1CCN(CCCCc2ccc(Cl)cc2)CC1. The molecule has 1 aliphatic rings. The molecule has 2 nitrogen and oxygen atoms in total. The van der Waals surface area contributed by atoms with Crippen LogP contribution >= 0.6 is 24.2 Å². The van der Waals surface area contributed by atoms with Crippen molar-refractivity contribution in [3.63, 3.8) is 0 Å². The van der Waals surface area contributed by atoms with Crippen molar-refractivity contribution in [3.8, 4) is 0 Å². The molecule has 4 heteroatoms. The van der Waals surface area contributed by atoms with E-state index in [2.05, 4.69) is 34.6 Å². The highest BCUT2D eigenvalue weighted by atomic mass is 35.5. The first-order valence-electron chi connectivity index (χ1n) is 8.08. The largest absolute Gasteiger partial charge is 0.301 e. The highest BCUT2D eigenvalue weighted by Crippen LogP contribution is 2.12. The van der Waals surface area contributed by atoms with Gasteiger partial charge in [-0.05, 0) is 62.2 Å². The van der Waals surface area contributed by atoms with Crippen molar-refractivity contribution in [2.45, 2.75) is 25.7 Å². The molecule has 2 rings (SSSR count). The first-order chi connectivity index (χ1) is 10.3. The minimum Gasteiger partial charge on any atom is -0.301 e. The third-order valence-electron chi connectivity index (χ3n) is 4.20. The first kappa shape index (κ1) is 17.1. The van der Waals surface area contributed by atoms with Crippen molar-refractivity contribution in [2.75, 3.05) is 45.0 Å². The average Bonchev–Trinajstić information content (AvgIpc) is 2.52. The van der Waals surface area contributed by atoms with Crippen molar-refractivity contribution in [3.05, 3.63) is 34.9 Å². The van der Waals surface area contributed by atoms with Crippen LogP contribution in [-0.4, -0.2) is 54.8 Å². The lowest BCUT2D eigenvalue weighted by atomic mass is 10.1. The molecule has 0 spiro atoms. The molecule has 1 heterocycles. The van der Waals surface area contributed by atoms with Gasteiger partial charge in [0.25, 0.3) is 0 Å². The summed E-state index contributed by atoms with van der Waals surface area (Å²) >= 11 is 10.2. The molecule has 118 valence electrons. The van der Waals surface area contributed by atoms with Crippen LogP contribution < -0.4 is 0 Å². The van der Waals surface area contributed by atoms with Crippen molar-refractivity contribution < 1.29 is 0 Å². The van der Waals surface area contributed by atoms with E-state index >= 15 is 0 Å². The Kier molecular flexibility index (Phi) is 7.94. The monoisotopic (exact) mass is 326 g/mol. The Hall–Kier alpha value is -0.220. The summed E-state index contributed by atoms with van der Waals surface area (Å²) in [6, 6.07) is 8.26. The van der Waals surface area contributed by atoms with E-state index in [1.807, 2.05) is 12.1 Å². The van der Waals surface area contributed by atoms with E-state index in [9.17, 15) is 0 Å². The second-order valence-electron chi connectivity index (χ2n) is 5.84. The third kappa shape index (κ3) is 6.60. The summed E-state index contributed by atoms with van der Waals surface area (Å²) < 4.78 is 0. The van der Waals surface area contributed by atoms with Crippen LogP contribution in [0.3, 0.4) is 0 Å². The van der Waals surface area contributed by atoms with Crippen LogP contribution in [-0.2, 0) is 6.42 Å². The molecule has 0 atom stereocenters. The molecule has 0 saturated carbocycles. The van der Waals surface area contributed by atoms with Crippen molar-refractivity contribution in [1.82, 2.24) is 9.80 Å². The lowest BCUT2D eigenvalue weighted by molar-refractivity contribution is 0.131. The minimum absolute atomic E-state index is 0.828. The van der Waals surface area contributed by atoms with E-state index in [1.165, 1.54) is 70.5 Å². The molecule has 1 saturated heterocycles. The molecule has 0 N–H and O–H groups in total. The van der Waals surface area contributed by atoms with Gasteiger partial charge in [-0.1, -0.05) is 23.7 Å². The van der Waals surface area contributed by atoms with Crippen molar-refractivity contribution >= 4 is 24.2 Å². The van der Waals surface area contributed by atoms with Crippen LogP contribution in [0.25, 0.3) is 0 Å². The number of nitrogens with zero attached hydrogens (tertiary/aromatic N) is 2. The van der Waals surface area contributed by atoms with Gasteiger partial charge in [-0.25, -0.2) is 0 Å². The molecular formula is C17H27ClN2S. The van der Waals surface area contributed by atoms with Crippen LogP contribution in [0.4, 0.5) is 0 Å². The number of unbranched alkanes of at least 4 members (excludes halogenated alkanes) is 1. The molecule has 0 radical (unpaired) electrons. The standard InChI is InChI=1S/C17H27ClN2S/c18-17-7-5-16(6-8-17)4-1-2-9-19-11-13-20(14-12-19)10-3-15-21/h5-8,21H,1-4,9-15H2. The quantitative estimate of drug-likeness (QED) is 0.576. The summed E-state index contributed by atoms with van der Waals surface area (Å²) in [6.45, 7) is 7.37. The van der Waals surface area contributed by atoms with Gasteiger partial charge < -0.3 is 9.80 Å². The van der Waals surface area contributed by atoms with Gasteiger partial charge in [-0.2, -0.15) is 12.6 Å². The second-order valence-corrected chi connectivity index (χ2v) is 6.73. The van der Waals surface area contributed by atoms with Gasteiger partial charge >= 0.3 is 0 Å². The van der Waals surface area contributed by atoms with Gasteiger partial charge in [0.15, 0.2) is 0 Å². The van der Waals surface area contributed by atoms with Crippen molar-refractivity contribution in [2.24, 2.45) is 0 Å². The average molecular weight is 327 g/mol. The normalized spacial score (nSPS) is 17.2. The zero-order valence-corrected chi connectivity index (χ0v) is 14.5. The predicted molar refractivity (Wildman–Crippen MR) is 95.7 cm³/mol. The molecular weight excluding hydrogens is 300 g/mol. The lowest BCUT2D eigenvalue weighted by Gasteiger charge is -2.34. The van der Waals surface area contributed by atoms with E-state index < -0.39 is 0 Å². The molecule has 21 heavy (non-hydrogen) atoms. The summed E-state index contributed by atoms with van der Waals surface area (Å²) in [4.78, 5) is 5.18. The van der Waals surface area contributed by atoms with Gasteiger partial charge in [0, 0.05) is 31.2 Å². The maximum absolute atomic E-state index is 5.90. The maximum Gasteiger partial charge on any atom is 0.0406 e. The van der Waals surface area contributed by atoms with Crippen LogP contribution in [0.15, 0.2) is 24.3 Å². The fourth-order valence-corrected chi connectivity index (χ4v) is 3.11. The Morgan fingerprint density at radius 2 is 1.43 bits per heavy atom. The number of hydrogen-bond donors (Lipinski definition) is 1. The highest BCUT2D eigenvalue weighted by molar-refractivity contribution is 7.80. The van der Waals surface area contributed by atoms with E-state index in [4.69, 9.17) is 11.6 Å². The maximum atomic E-state index is 5.90. The zero-order chi connectivity index (χ0) is 14.9. The number of piperazine rings is 1. The number of benzene rings is 1. The molecule has 0 aromatic heterocycles. The summed E-state index contributed by atoms with van der Waals surface area (Å²) in [7, 11) is 0. The predicted octanol–water partition coefficient (Wildman–Crippen LogP) is 3.60. The second kappa shape index (κ2) is 9.73. The molecule has 0 bridgehead atoms. The van der Waals surface area contributed by atoms with E-state index in [0.29, 0.717) is 0 Å². The Morgan fingerprint density at radius 1 is 0.857 bits per heavy atom. The van der Waals surface area contributed by atoms with Crippen LogP contribution in [0, 0.1) is 0 Å². The van der Waals surface area contributed by atoms with Gasteiger partial charge in [-0.3, -0.25) is 0 Å². The van der Waals surface area contributed by atoms with Crippen LogP contribution in [0.1, 0.15) is 24.8 Å². The molecule has 0 unspecified atom stereocenters. The van der Waals surface area contributed by atoms with E-state index in [-0.39, 0.29) is 0 Å². The summed E-state index contributed by atoms with van der Waals surface area (Å²) in [5.41, 5.74) is 1.40. The number of thiol groups is 1. The minimum atomic E-state index is 0.828. The third-order valence-corrected chi connectivity index (χ3v) is 4.77. The van der Waals surface area contributed by atoms with Gasteiger partial charge in [0.1, 0.15) is 0 Å². The molecule has 0 amide bonds. The summed E-state index contributed by atoms with van der Waals surface area (Å²) in [5.74, 6) is 1.00. The fraction of sp³-hybridized carbons (Fsp3) is 0.647. The van der Waals surface area contributed by atoms with E-state index in [1.54, 1.807) is 0 Å². The Labute approximate surface area is 139 Å².